The molecule has 0 N–H and O–H groups in total. The van der Waals surface area contributed by atoms with E-state index in [1.165, 1.54) is 11.6 Å². The molecule has 0 bridgehead atoms. The van der Waals surface area contributed by atoms with E-state index in [0.29, 0.717) is 12.5 Å². The molecular weight excluding hydrogens is 200 g/mol. The maximum Gasteiger partial charge on any atom is 0.330 e. The van der Waals surface area contributed by atoms with Crippen molar-refractivity contribution in [3.05, 3.63) is 48.0 Å². The van der Waals surface area contributed by atoms with Crippen molar-refractivity contribution in [1.82, 2.24) is 0 Å². The molecule has 16 heavy (non-hydrogen) atoms. The monoisotopic (exact) mass is 218 g/mol. The minimum atomic E-state index is -0.262. The highest BCUT2D eigenvalue weighted by Crippen LogP contribution is 2.09. The van der Waals surface area contributed by atoms with Crippen LogP contribution in [0.3, 0.4) is 0 Å². The first-order chi connectivity index (χ1) is 7.72. The van der Waals surface area contributed by atoms with Crippen molar-refractivity contribution in [2.75, 3.05) is 6.61 Å². The fraction of sp³-hybridized carbons (Fsp3) is 0.357. The van der Waals surface area contributed by atoms with Crippen molar-refractivity contribution in [2.45, 2.75) is 20.3 Å². The third-order valence-electron chi connectivity index (χ3n) is 2.25. The molecule has 1 rings (SSSR count). The van der Waals surface area contributed by atoms with Crippen LogP contribution in [0.4, 0.5) is 0 Å². The zero-order chi connectivity index (χ0) is 11.8. The Kier molecular flexibility index (Phi) is 5.34. The summed E-state index contributed by atoms with van der Waals surface area (Å²) in [5, 5.41) is 0. The summed E-state index contributed by atoms with van der Waals surface area (Å²) in [6, 6.07) is 10.2. The SMILES string of the molecule is CCOC(=O)/C=C/[C@H](C)Cc1ccccc1. The fourth-order valence-electron chi connectivity index (χ4n) is 1.49. The van der Waals surface area contributed by atoms with Crippen LogP contribution in [0.25, 0.3) is 0 Å². The van der Waals surface area contributed by atoms with Crippen LogP contribution < -0.4 is 0 Å². The Morgan fingerprint density at radius 2 is 2.06 bits per heavy atom. The van der Waals surface area contributed by atoms with E-state index in [-0.39, 0.29) is 5.97 Å². The summed E-state index contributed by atoms with van der Waals surface area (Å²) in [5.74, 6) is 0.0780. The van der Waals surface area contributed by atoms with Crippen LogP contribution in [0.1, 0.15) is 19.4 Å². The van der Waals surface area contributed by atoms with Gasteiger partial charge < -0.3 is 4.74 Å². The van der Waals surface area contributed by atoms with E-state index in [0.717, 1.165) is 6.42 Å². The van der Waals surface area contributed by atoms with Crippen molar-refractivity contribution in [3.63, 3.8) is 0 Å². The van der Waals surface area contributed by atoms with Gasteiger partial charge in [0, 0.05) is 6.08 Å². The van der Waals surface area contributed by atoms with Crippen LogP contribution in [-0.4, -0.2) is 12.6 Å². The van der Waals surface area contributed by atoms with Crippen molar-refractivity contribution < 1.29 is 9.53 Å². The third kappa shape index (κ3) is 4.78. The maximum atomic E-state index is 11.1. The summed E-state index contributed by atoms with van der Waals surface area (Å²) in [5.41, 5.74) is 1.28. The van der Waals surface area contributed by atoms with Gasteiger partial charge in [-0.1, -0.05) is 43.3 Å². The molecule has 1 atom stereocenters. The molecule has 0 fully saturated rings. The maximum absolute atomic E-state index is 11.1. The van der Waals surface area contributed by atoms with E-state index in [1.54, 1.807) is 6.92 Å². The third-order valence-corrected chi connectivity index (χ3v) is 2.25. The van der Waals surface area contributed by atoms with Crippen molar-refractivity contribution in [3.8, 4) is 0 Å². The summed E-state index contributed by atoms with van der Waals surface area (Å²) in [7, 11) is 0. The van der Waals surface area contributed by atoms with Crippen molar-refractivity contribution in [1.29, 1.82) is 0 Å². The zero-order valence-corrected chi connectivity index (χ0v) is 9.85. The van der Waals surface area contributed by atoms with Gasteiger partial charge in [0.2, 0.25) is 0 Å². The molecule has 0 aromatic heterocycles. The summed E-state index contributed by atoms with van der Waals surface area (Å²) < 4.78 is 4.82. The largest absolute Gasteiger partial charge is 0.463 e. The molecular formula is C14H18O2. The predicted octanol–water partition coefficient (Wildman–Crippen LogP) is 2.98. The molecule has 0 aliphatic heterocycles. The number of allylic oxidation sites excluding steroid dienone is 1. The Bertz CT molecular complexity index is 341. The van der Waals surface area contributed by atoms with Crippen LogP contribution in [0.5, 0.6) is 0 Å². The highest BCUT2D eigenvalue weighted by Gasteiger charge is 2.00. The minimum Gasteiger partial charge on any atom is -0.463 e. The summed E-state index contributed by atoms with van der Waals surface area (Å²) in [4.78, 5) is 11.1. The molecule has 0 amide bonds. The van der Waals surface area contributed by atoms with Gasteiger partial charge in [0.15, 0.2) is 0 Å². The van der Waals surface area contributed by atoms with Crippen LogP contribution in [-0.2, 0) is 16.0 Å². The van der Waals surface area contributed by atoms with E-state index in [1.807, 2.05) is 24.3 Å². The summed E-state index contributed by atoms with van der Waals surface area (Å²) in [6.45, 7) is 4.32. The van der Waals surface area contributed by atoms with Crippen LogP contribution in [0.15, 0.2) is 42.5 Å². The van der Waals surface area contributed by atoms with Gasteiger partial charge in [0.05, 0.1) is 6.61 Å². The van der Waals surface area contributed by atoms with Gasteiger partial charge in [-0.05, 0) is 24.8 Å². The molecule has 0 spiro atoms. The number of ether oxygens (including phenoxy) is 1. The molecule has 1 aromatic rings. The molecule has 0 saturated carbocycles. The number of carbonyl (C=O) groups excluding carboxylic acids is 1. The van der Waals surface area contributed by atoms with Gasteiger partial charge >= 0.3 is 5.97 Å². The Morgan fingerprint density at radius 3 is 2.69 bits per heavy atom. The Hall–Kier alpha value is -1.57. The lowest BCUT2D eigenvalue weighted by molar-refractivity contribution is -0.137. The van der Waals surface area contributed by atoms with Crippen LogP contribution in [0, 0.1) is 5.92 Å². The Balaban J connectivity index is 2.41. The van der Waals surface area contributed by atoms with Crippen LogP contribution in [0.2, 0.25) is 0 Å². The van der Waals surface area contributed by atoms with E-state index < -0.39 is 0 Å². The highest BCUT2D eigenvalue weighted by molar-refractivity contribution is 5.81. The lowest BCUT2D eigenvalue weighted by Crippen LogP contribution is -2.01. The first kappa shape index (κ1) is 12.5. The normalized spacial score (nSPS) is 12.6. The number of carbonyl (C=O) groups is 1. The highest BCUT2D eigenvalue weighted by atomic mass is 16.5. The average Bonchev–Trinajstić information content (AvgIpc) is 2.28. The number of hydrogen-bond acceptors (Lipinski definition) is 2. The molecule has 1 aromatic carbocycles. The molecule has 0 saturated heterocycles. The summed E-state index contributed by atoms with van der Waals surface area (Å²) in [6.07, 6.45) is 4.35. The lowest BCUT2D eigenvalue weighted by atomic mass is 10.0. The van der Waals surface area contributed by atoms with Gasteiger partial charge in [-0.2, -0.15) is 0 Å². The first-order valence-electron chi connectivity index (χ1n) is 5.61. The van der Waals surface area contributed by atoms with Gasteiger partial charge in [0.25, 0.3) is 0 Å². The summed E-state index contributed by atoms with van der Waals surface area (Å²) >= 11 is 0. The van der Waals surface area contributed by atoms with Gasteiger partial charge in [-0.15, -0.1) is 0 Å². The number of benzene rings is 1. The van der Waals surface area contributed by atoms with Gasteiger partial charge in [0.1, 0.15) is 0 Å². The molecule has 2 heteroatoms. The molecule has 86 valence electrons. The van der Waals surface area contributed by atoms with E-state index in [9.17, 15) is 4.79 Å². The molecule has 2 nitrogen and oxygen atoms in total. The van der Waals surface area contributed by atoms with E-state index in [2.05, 4.69) is 19.1 Å². The zero-order valence-electron chi connectivity index (χ0n) is 9.85. The quantitative estimate of drug-likeness (QED) is 0.561. The molecule has 0 unspecified atom stereocenters. The number of hydrogen-bond donors (Lipinski definition) is 0. The predicted molar refractivity (Wildman–Crippen MR) is 65.1 cm³/mol. The minimum absolute atomic E-state index is 0.262. The van der Waals surface area contributed by atoms with E-state index >= 15 is 0 Å². The molecule has 0 aliphatic rings. The fourth-order valence-corrected chi connectivity index (χ4v) is 1.49. The number of rotatable bonds is 5. The Labute approximate surface area is 96.9 Å². The second-order valence-electron chi connectivity index (χ2n) is 3.78. The smallest absolute Gasteiger partial charge is 0.330 e. The van der Waals surface area contributed by atoms with Gasteiger partial charge in [-0.3, -0.25) is 0 Å². The lowest BCUT2D eigenvalue weighted by Gasteiger charge is -2.05. The molecule has 0 radical (unpaired) electrons. The van der Waals surface area contributed by atoms with Crippen LogP contribution >= 0.6 is 0 Å². The standard InChI is InChI=1S/C14H18O2/c1-3-16-14(15)10-9-12(2)11-13-7-5-4-6-8-13/h4-10,12H,3,11H2,1-2H3/b10-9+/t12-/m0/s1. The second kappa shape index (κ2) is 6.83. The van der Waals surface area contributed by atoms with E-state index in [4.69, 9.17) is 4.74 Å². The van der Waals surface area contributed by atoms with Crippen molar-refractivity contribution in [2.24, 2.45) is 5.92 Å². The van der Waals surface area contributed by atoms with Crippen molar-refractivity contribution >= 4 is 5.97 Å². The average molecular weight is 218 g/mol. The topological polar surface area (TPSA) is 26.3 Å². The van der Waals surface area contributed by atoms with Gasteiger partial charge in [-0.25, -0.2) is 4.79 Å². The number of esters is 1. The molecule has 0 aliphatic carbocycles. The molecule has 0 heterocycles. The Morgan fingerprint density at radius 1 is 1.38 bits per heavy atom. The first-order valence-corrected chi connectivity index (χ1v) is 5.61. The second-order valence-corrected chi connectivity index (χ2v) is 3.78.